The molecule has 2 rings (SSSR count). The van der Waals surface area contributed by atoms with E-state index >= 15 is 0 Å². The van der Waals surface area contributed by atoms with Crippen LogP contribution in [0.2, 0.25) is 0 Å². The number of nitriles is 1. The van der Waals surface area contributed by atoms with Crippen LogP contribution in [0.15, 0.2) is 46.9 Å². The van der Waals surface area contributed by atoms with Crippen LogP contribution in [0.4, 0.5) is 24.5 Å². The van der Waals surface area contributed by atoms with Gasteiger partial charge >= 0.3 is 6.18 Å². The summed E-state index contributed by atoms with van der Waals surface area (Å²) in [5.41, 5.74) is 0.525. The van der Waals surface area contributed by atoms with Crippen molar-refractivity contribution < 1.29 is 13.2 Å². The average molecular weight is 341 g/mol. The zero-order chi connectivity index (χ0) is 14.8. The molecule has 0 aliphatic rings. The van der Waals surface area contributed by atoms with Crippen LogP contribution in [0.5, 0.6) is 0 Å². The Kier molecular flexibility index (Phi) is 4.00. The van der Waals surface area contributed by atoms with Crippen LogP contribution in [-0.2, 0) is 6.18 Å². The predicted molar refractivity (Wildman–Crippen MR) is 73.6 cm³/mol. The number of nitrogens with one attached hydrogen (secondary N) is 1. The van der Waals surface area contributed by atoms with E-state index in [9.17, 15) is 13.2 Å². The minimum absolute atomic E-state index is 0.287. The van der Waals surface area contributed by atoms with Gasteiger partial charge in [-0.3, -0.25) is 0 Å². The number of alkyl halides is 3. The predicted octanol–water partition coefficient (Wildman–Crippen LogP) is 5.08. The van der Waals surface area contributed by atoms with Crippen LogP contribution in [0, 0.1) is 11.3 Å². The third-order valence-corrected chi connectivity index (χ3v) is 3.26. The second-order valence-electron chi connectivity index (χ2n) is 4.01. The molecular weight excluding hydrogens is 333 g/mol. The van der Waals surface area contributed by atoms with Gasteiger partial charge < -0.3 is 5.32 Å². The lowest BCUT2D eigenvalue weighted by Crippen LogP contribution is -2.05. The second kappa shape index (κ2) is 5.55. The van der Waals surface area contributed by atoms with E-state index in [1.807, 2.05) is 6.07 Å². The SMILES string of the molecule is N#Cc1cccc(Nc2cc(C(F)(F)F)ccc2Br)c1. The lowest BCUT2D eigenvalue weighted by Gasteiger charge is -2.12. The smallest absolute Gasteiger partial charge is 0.355 e. The van der Waals surface area contributed by atoms with E-state index in [2.05, 4.69) is 21.2 Å². The molecule has 0 amide bonds. The Bertz CT molecular complexity index is 675. The third kappa shape index (κ3) is 3.31. The van der Waals surface area contributed by atoms with Crippen LogP contribution in [0.25, 0.3) is 0 Å². The fraction of sp³-hybridized carbons (Fsp3) is 0.0714. The molecule has 0 aromatic heterocycles. The van der Waals surface area contributed by atoms with Crippen molar-refractivity contribution in [2.75, 3.05) is 5.32 Å². The van der Waals surface area contributed by atoms with Gasteiger partial charge in [-0.25, -0.2) is 0 Å². The lowest BCUT2D eigenvalue weighted by atomic mass is 10.1. The number of hydrogen-bond donors (Lipinski definition) is 1. The Morgan fingerprint density at radius 2 is 1.85 bits per heavy atom. The molecule has 0 atom stereocenters. The van der Waals surface area contributed by atoms with Gasteiger partial charge in [0.05, 0.1) is 22.9 Å². The molecule has 0 fully saturated rings. The van der Waals surface area contributed by atoms with E-state index < -0.39 is 11.7 Å². The molecule has 0 aliphatic carbocycles. The van der Waals surface area contributed by atoms with Crippen molar-refractivity contribution in [3.05, 3.63) is 58.1 Å². The van der Waals surface area contributed by atoms with Gasteiger partial charge in [0.15, 0.2) is 0 Å². The summed E-state index contributed by atoms with van der Waals surface area (Å²) < 4.78 is 38.5. The van der Waals surface area contributed by atoms with Crippen molar-refractivity contribution in [2.24, 2.45) is 0 Å². The number of benzene rings is 2. The van der Waals surface area contributed by atoms with Gasteiger partial charge in [-0.05, 0) is 52.3 Å². The normalized spacial score (nSPS) is 10.9. The topological polar surface area (TPSA) is 35.8 Å². The minimum Gasteiger partial charge on any atom is -0.355 e. The molecule has 0 bridgehead atoms. The summed E-state index contributed by atoms with van der Waals surface area (Å²) >= 11 is 3.20. The van der Waals surface area contributed by atoms with E-state index in [0.717, 1.165) is 12.1 Å². The third-order valence-electron chi connectivity index (χ3n) is 2.56. The van der Waals surface area contributed by atoms with Gasteiger partial charge in [-0.1, -0.05) is 6.07 Å². The van der Waals surface area contributed by atoms with Gasteiger partial charge in [-0.15, -0.1) is 0 Å². The van der Waals surface area contributed by atoms with Crippen LogP contribution in [-0.4, -0.2) is 0 Å². The molecule has 0 heterocycles. The van der Waals surface area contributed by atoms with Crippen LogP contribution in [0.1, 0.15) is 11.1 Å². The number of anilines is 2. The first-order valence-corrected chi connectivity index (χ1v) is 6.33. The van der Waals surface area contributed by atoms with Crippen molar-refractivity contribution in [1.82, 2.24) is 0 Å². The maximum Gasteiger partial charge on any atom is 0.416 e. The summed E-state index contributed by atoms with van der Waals surface area (Å²) in [6, 6.07) is 11.8. The first-order valence-electron chi connectivity index (χ1n) is 5.54. The highest BCUT2D eigenvalue weighted by atomic mass is 79.9. The van der Waals surface area contributed by atoms with Gasteiger partial charge in [0, 0.05) is 10.2 Å². The van der Waals surface area contributed by atoms with E-state index in [4.69, 9.17) is 5.26 Å². The molecule has 0 spiro atoms. The highest BCUT2D eigenvalue weighted by Crippen LogP contribution is 2.35. The lowest BCUT2D eigenvalue weighted by molar-refractivity contribution is -0.137. The van der Waals surface area contributed by atoms with Crippen molar-refractivity contribution >= 4 is 27.3 Å². The molecule has 6 heteroatoms. The van der Waals surface area contributed by atoms with E-state index in [0.29, 0.717) is 15.7 Å². The first kappa shape index (κ1) is 14.4. The Balaban J connectivity index is 2.35. The monoisotopic (exact) mass is 340 g/mol. The van der Waals surface area contributed by atoms with Gasteiger partial charge in [0.25, 0.3) is 0 Å². The van der Waals surface area contributed by atoms with Crippen LogP contribution < -0.4 is 5.32 Å². The van der Waals surface area contributed by atoms with Crippen LogP contribution >= 0.6 is 15.9 Å². The quantitative estimate of drug-likeness (QED) is 0.827. The summed E-state index contributed by atoms with van der Waals surface area (Å²) in [6.45, 7) is 0. The summed E-state index contributed by atoms with van der Waals surface area (Å²) in [5.74, 6) is 0. The molecule has 0 radical (unpaired) electrons. The van der Waals surface area contributed by atoms with E-state index in [1.54, 1.807) is 24.3 Å². The first-order chi connectivity index (χ1) is 9.40. The molecule has 0 saturated carbocycles. The number of halogens is 4. The largest absolute Gasteiger partial charge is 0.416 e. The van der Waals surface area contributed by atoms with Crippen molar-refractivity contribution in [2.45, 2.75) is 6.18 Å². The van der Waals surface area contributed by atoms with Crippen LogP contribution in [0.3, 0.4) is 0 Å². The molecule has 20 heavy (non-hydrogen) atoms. The van der Waals surface area contributed by atoms with Crippen molar-refractivity contribution in [3.8, 4) is 6.07 Å². The zero-order valence-electron chi connectivity index (χ0n) is 10.0. The minimum atomic E-state index is -4.40. The summed E-state index contributed by atoms with van der Waals surface area (Å²) in [4.78, 5) is 0. The fourth-order valence-corrected chi connectivity index (χ4v) is 1.97. The second-order valence-corrected chi connectivity index (χ2v) is 4.86. The molecular formula is C14H8BrF3N2. The number of hydrogen-bond acceptors (Lipinski definition) is 2. The average Bonchev–Trinajstić information content (AvgIpc) is 2.40. The summed E-state index contributed by atoms with van der Waals surface area (Å²) in [7, 11) is 0. The van der Waals surface area contributed by atoms with Crippen molar-refractivity contribution in [1.29, 1.82) is 5.26 Å². The maximum atomic E-state index is 12.7. The Morgan fingerprint density at radius 3 is 2.50 bits per heavy atom. The molecule has 0 aliphatic heterocycles. The van der Waals surface area contributed by atoms with Gasteiger partial charge in [-0.2, -0.15) is 18.4 Å². The molecule has 2 aromatic carbocycles. The molecule has 2 aromatic rings. The van der Waals surface area contributed by atoms with Crippen molar-refractivity contribution in [3.63, 3.8) is 0 Å². The molecule has 1 N–H and O–H groups in total. The van der Waals surface area contributed by atoms with E-state index in [-0.39, 0.29) is 5.69 Å². The molecule has 0 saturated heterocycles. The molecule has 0 unspecified atom stereocenters. The number of nitrogens with zero attached hydrogens (tertiary/aromatic N) is 1. The van der Waals surface area contributed by atoms with Gasteiger partial charge in [0.2, 0.25) is 0 Å². The Hall–Kier alpha value is -2.00. The molecule has 2 nitrogen and oxygen atoms in total. The maximum absolute atomic E-state index is 12.7. The Morgan fingerprint density at radius 1 is 1.10 bits per heavy atom. The molecule has 102 valence electrons. The highest BCUT2D eigenvalue weighted by molar-refractivity contribution is 9.10. The highest BCUT2D eigenvalue weighted by Gasteiger charge is 2.30. The summed E-state index contributed by atoms with van der Waals surface area (Å²) in [6.07, 6.45) is -4.40. The fourth-order valence-electron chi connectivity index (χ4n) is 1.62. The summed E-state index contributed by atoms with van der Waals surface area (Å²) in [5, 5.41) is 11.7. The standard InChI is InChI=1S/C14H8BrF3N2/c15-12-5-4-10(14(16,17)18)7-13(12)20-11-3-1-2-9(6-11)8-19/h1-7,20H. The van der Waals surface area contributed by atoms with Gasteiger partial charge in [0.1, 0.15) is 0 Å². The Labute approximate surface area is 122 Å². The van der Waals surface area contributed by atoms with E-state index in [1.165, 1.54) is 6.07 Å². The number of rotatable bonds is 2. The zero-order valence-corrected chi connectivity index (χ0v) is 11.6.